The molecule has 0 aromatic rings. The number of alkyl halides is 1. The van der Waals surface area contributed by atoms with E-state index in [1.807, 2.05) is 6.07 Å². The molecule has 0 heterocycles. The Morgan fingerprint density at radius 1 is 1.30 bits per heavy atom. The van der Waals surface area contributed by atoms with Crippen molar-refractivity contribution in [2.75, 3.05) is 6.61 Å². The van der Waals surface area contributed by atoms with E-state index in [4.69, 9.17) is 26.3 Å². The molecular formula is C12H16ClNO6. The monoisotopic (exact) mass is 305 g/mol. The van der Waals surface area contributed by atoms with Gasteiger partial charge in [0, 0.05) is 20.3 Å². The van der Waals surface area contributed by atoms with E-state index in [1.54, 1.807) is 0 Å². The van der Waals surface area contributed by atoms with Crippen LogP contribution in [0.1, 0.15) is 26.7 Å². The molecule has 7 nitrogen and oxygen atoms in total. The summed E-state index contributed by atoms with van der Waals surface area (Å²) in [5.74, 6) is -1.26. The Bertz CT molecular complexity index is 381. The van der Waals surface area contributed by atoms with Gasteiger partial charge >= 0.3 is 11.9 Å². The predicted octanol–water partition coefficient (Wildman–Crippen LogP) is 0.934. The molecule has 0 aliphatic carbocycles. The van der Waals surface area contributed by atoms with Crippen LogP contribution in [-0.4, -0.2) is 42.6 Å². The lowest BCUT2D eigenvalue weighted by Gasteiger charge is -2.28. The van der Waals surface area contributed by atoms with Gasteiger partial charge in [-0.2, -0.15) is 5.26 Å². The van der Waals surface area contributed by atoms with Crippen molar-refractivity contribution in [1.29, 1.82) is 5.26 Å². The fourth-order valence-electron chi connectivity index (χ4n) is 1.48. The number of carbonyl (C=O) groups excluding carboxylic acids is 3. The topological polar surface area (TPSA) is 103 Å². The lowest BCUT2D eigenvalue weighted by atomic mass is 10.1. The number of hydrogen-bond donors (Lipinski definition) is 0. The minimum Gasteiger partial charge on any atom is -0.464 e. The summed E-state index contributed by atoms with van der Waals surface area (Å²) in [7, 11) is 0. The molecule has 0 saturated carbocycles. The molecule has 0 unspecified atom stereocenters. The number of hydrogen-bond acceptors (Lipinski definition) is 7. The Labute approximate surface area is 121 Å². The summed E-state index contributed by atoms with van der Waals surface area (Å²) in [4.78, 5) is 32.4. The Kier molecular flexibility index (Phi) is 9.13. The summed E-state index contributed by atoms with van der Waals surface area (Å²) in [5, 5.41) is 7.78. The maximum Gasteiger partial charge on any atom is 0.303 e. The molecule has 0 aromatic carbocycles. The highest BCUT2D eigenvalue weighted by atomic mass is 35.5. The molecule has 0 radical (unpaired) electrons. The van der Waals surface area contributed by atoms with Gasteiger partial charge in [0.05, 0.1) is 11.4 Å². The molecule has 0 spiro atoms. The zero-order valence-electron chi connectivity index (χ0n) is 11.2. The first-order valence-corrected chi connectivity index (χ1v) is 6.26. The third-order valence-electron chi connectivity index (χ3n) is 2.20. The standard InChI is InChI=1S/C12H16ClNO6/c1-8(16)19-11(6-18-7-15)12(20-9(2)17)10(13)4-3-5-14/h7,10-12H,3-4,6H2,1-2H3/t10-,11-,12+/m0/s1. The first-order chi connectivity index (χ1) is 9.42. The highest BCUT2D eigenvalue weighted by molar-refractivity contribution is 6.21. The normalized spacial score (nSPS) is 14.3. The second-order valence-electron chi connectivity index (χ2n) is 3.86. The smallest absolute Gasteiger partial charge is 0.303 e. The van der Waals surface area contributed by atoms with E-state index in [0.29, 0.717) is 0 Å². The van der Waals surface area contributed by atoms with Gasteiger partial charge in [-0.1, -0.05) is 0 Å². The van der Waals surface area contributed by atoms with Crippen LogP contribution in [0.5, 0.6) is 0 Å². The maximum absolute atomic E-state index is 11.1. The molecule has 0 aliphatic rings. The largest absolute Gasteiger partial charge is 0.464 e. The molecule has 0 bridgehead atoms. The van der Waals surface area contributed by atoms with Crippen molar-refractivity contribution >= 4 is 30.0 Å². The van der Waals surface area contributed by atoms with Crippen LogP contribution in [-0.2, 0) is 28.6 Å². The Hall–Kier alpha value is -1.81. The molecule has 3 atom stereocenters. The van der Waals surface area contributed by atoms with Crippen LogP contribution in [0.3, 0.4) is 0 Å². The number of halogens is 1. The van der Waals surface area contributed by atoms with Gasteiger partial charge in [0.2, 0.25) is 0 Å². The third-order valence-corrected chi connectivity index (χ3v) is 2.67. The van der Waals surface area contributed by atoms with E-state index in [1.165, 1.54) is 6.92 Å². The Morgan fingerprint density at radius 3 is 2.35 bits per heavy atom. The van der Waals surface area contributed by atoms with Crippen molar-refractivity contribution in [2.45, 2.75) is 44.3 Å². The Morgan fingerprint density at radius 2 is 1.90 bits per heavy atom. The van der Waals surface area contributed by atoms with Crippen LogP contribution >= 0.6 is 11.6 Å². The van der Waals surface area contributed by atoms with Gasteiger partial charge in [-0.15, -0.1) is 11.6 Å². The second kappa shape index (κ2) is 10.0. The van der Waals surface area contributed by atoms with Crippen molar-refractivity contribution in [2.24, 2.45) is 0 Å². The zero-order chi connectivity index (χ0) is 15.5. The highest BCUT2D eigenvalue weighted by Gasteiger charge is 2.34. The zero-order valence-corrected chi connectivity index (χ0v) is 12.0. The van der Waals surface area contributed by atoms with Crippen LogP contribution < -0.4 is 0 Å². The molecule has 0 rings (SSSR count). The fourth-order valence-corrected chi connectivity index (χ4v) is 1.81. The van der Waals surface area contributed by atoms with Crippen LogP contribution in [0, 0.1) is 11.3 Å². The van der Waals surface area contributed by atoms with Crippen molar-refractivity contribution < 1.29 is 28.6 Å². The first kappa shape index (κ1) is 18.2. The molecule has 0 aromatic heterocycles. The average Bonchev–Trinajstić information content (AvgIpc) is 2.37. The summed E-state index contributed by atoms with van der Waals surface area (Å²) in [6, 6.07) is 1.91. The number of nitrogens with zero attached hydrogens (tertiary/aromatic N) is 1. The summed E-state index contributed by atoms with van der Waals surface area (Å²) in [5.41, 5.74) is 0. The first-order valence-electron chi connectivity index (χ1n) is 5.83. The van der Waals surface area contributed by atoms with Gasteiger partial charge in [0.25, 0.3) is 6.47 Å². The second-order valence-corrected chi connectivity index (χ2v) is 4.42. The summed E-state index contributed by atoms with van der Waals surface area (Å²) in [6.07, 6.45) is -1.66. The molecular weight excluding hydrogens is 290 g/mol. The maximum atomic E-state index is 11.1. The number of carbonyl (C=O) groups is 3. The molecule has 0 N–H and O–H groups in total. The molecule has 20 heavy (non-hydrogen) atoms. The third kappa shape index (κ3) is 7.59. The molecule has 0 aliphatic heterocycles. The fraction of sp³-hybridized carbons (Fsp3) is 0.667. The minimum absolute atomic E-state index is 0.146. The molecule has 0 saturated heterocycles. The quantitative estimate of drug-likeness (QED) is 0.270. The number of nitriles is 1. The highest BCUT2D eigenvalue weighted by Crippen LogP contribution is 2.19. The predicted molar refractivity (Wildman–Crippen MR) is 67.6 cm³/mol. The van der Waals surface area contributed by atoms with Gasteiger partial charge in [0.15, 0.2) is 12.2 Å². The van der Waals surface area contributed by atoms with Crippen molar-refractivity contribution in [3.05, 3.63) is 0 Å². The van der Waals surface area contributed by atoms with E-state index < -0.39 is 29.5 Å². The number of rotatable bonds is 9. The van der Waals surface area contributed by atoms with Crippen molar-refractivity contribution in [1.82, 2.24) is 0 Å². The lowest BCUT2D eigenvalue weighted by molar-refractivity contribution is -0.171. The van der Waals surface area contributed by atoms with Crippen molar-refractivity contribution in [3.63, 3.8) is 0 Å². The minimum atomic E-state index is -1.03. The molecule has 0 amide bonds. The summed E-state index contributed by atoms with van der Waals surface area (Å²) >= 11 is 6.06. The number of esters is 2. The van der Waals surface area contributed by atoms with Gasteiger partial charge in [-0.25, -0.2) is 0 Å². The Balaban J connectivity index is 4.96. The van der Waals surface area contributed by atoms with Crippen molar-refractivity contribution in [3.8, 4) is 6.07 Å². The van der Waals surface area contributed by atoms with Crippen LogP contribution in [0.4, 0.5) is 0 Å². The van der Waals surface area contributed by atoms with Crippen LogP contribution in [0.2, 0.25) is 0 Å². The van der Waals surface area contributed by atoms with Crippen LogP contribution in [0.15, 0.2) is 0 Å². The number of ether oxygens (including phenoxy) is 3. The van der Waals surface area contributed by atoms with Gasteiger partial charge < -0.3 is 14.2 Å². The van der Waals surface area contributed by atoms with E-state index in [9.17, 15) is 14.4 Å². The van der Waals surface area contributed by atoms with Gasteiger partial charge in [-0.05, 0) is 6.42 Å². The summed E-state index contributed by atoms with van der Waals surface area (Å²) in [6.45, 7) is 2.22. The van der Waals surface area contributed by atoms with Crippen LogP contribution in [0.25, 0.3) is 0 Å². The van der Waals surface area contributed by atoms with Gasteiger partial charge in [0.1, 0.15) is 6.61 Å². The summed E-state index contributed by atoms with van der Waals surface area (Å²) < 4.78 is 14.5. The molecule has 112 valence electrons. The SMILES string of the molecule is CC(=O)O[C@@H]([C@H](COC=O)OC(C)=O)[C@@H](Cl)CCC#N. The molecule has 0 fully saturated rings. The van der Waals surface area contributed by atoms with E-state index in [2.05, 4.69) is 4.74 Å². The van der Waals surface area contributed by atoms with E-state index >= 15 is 0 Å². The van der Waals surface area contributed by atoms with E-state index in [0.717, 1.165) is 6.92 Å². The molecule has 8 heteroatoms. The lowest BCUT2D eigenvalue weighted by Crippen LogP contribution is -2.43. The van der Waals surface area contributed by atoms with Gasteiger partial charge in [-0.3, -0.25) is 14.4 Å². The van der Waals surface area contributed by atoms with E-state index in [-0.39, 0.29) is 25.9 Å². The average molecular weight is 306 g/mol.